The van der Waals surface area contributed by atoms with E-state index in [-0.39, 0.29) is 24.9 Å². The van der Waals surface area contributed by atoms with E-state index in [9.17, 15) is 27.6 Å². The molecule has 0 aliphatic carbocycles. The highest BCUT2D eigenvalue weighted by Crippen LogP contribution is 2.31. The number of carbonyl (C=O) groups is 3. The third-order valence-electron chi connectivity index (χ3n) is 4.78. The Morgan fingerprint density at radius 1 is 1.06 bits per heavy atom. The molecule has 0 spiro atoms. The number of halogens is 3. The van der Waals surface area contributed by atoms with Crippen LogP contribution in [-0.2, 0) is 15.7 Å². The van der Waals surface area contributed by atoms with E-state index in [1.54, 1.807) is 25.7 Å². The van der Waals surface area contributed by atoms with E-state index in [4.69, 9.17) is 4.74 Å². The molecule has 172 valence electrons. The summed E-state index contributed by atoms with van der Waals surface area (Å²) in [6, 6.07) is 4.66. The van der Waals surface area contributed by atoms with Crippen LogP contribution in [0.15, 0.2) is 24.3 Å². The van der Waals surface area contributed by atoms with Crippen molar-refractivity contribution in [2.75, 3.05) is 26.2 Å². The average Bonchev–Trinajstić information content (AvgIpc) is 2.68. The molecule has 2 N–H and O–H groups in total. The Labute approximate surface area is 179 Å². The lowest BCUT2D eigenvalue weighted by molar-refractivity contribution is -0.138. The maximum atomic E-state index is 13.1. The predicted octanol–water partition coefficient (Wildman–Crippen LogP) is 3.20. The van der Waals surface area contributed by atoms with E-state index in [1.807, 2.05) is 0 Å². The third kappa shape index (κ3) is 7.76. The van der Waals surface area contributed by atoms with Crippen molar-refractivity contribution in [3.05, 3.63) is 35.4 Å². The van der Waals surface area contributed by atoms with Crippen LogP contribution in [0.25, 0.3) is 0 Å². The fourth-order valence-corrected chi connectivity index (χ4v) is 3.22. The molecule has 0 saturated carbocycles. The van der Waals surface area contributed by atoms with Crippen molar-refractivity contribution in [1.82, 2.24) is 15.5 Å². The van der Waals surface area contributed by atoms with Gasteiger partial charge in [0.1, 0.15) is 12.1 Å². The summed E-state index contributed by atoms with van der Waals surface area (Å²) in [4.78, 5) is 37.7. The molecule has 10 heteroatoms. The zero-order valence-corrected chi connectivity index (χ0v) is 17.8. The van der Waals surface area contributed by atoms with Gasteiger partial charge in [-0.1, -0.05) is 12.1 Å². The topological polar surface area (TPSA) is 87.7 Å². The number of hydrogen-bond donors (Lipinski definition) is 2. The maximum absolute atomic E-state index is 13.1. The van der Waals surface area contributed by atoms with Crippen LogP contribution in [0.3, 0.4) is 0 Å². The van der Waals surface area contributed by atoms with E-state index in [2.05, 4.69) is 10.6 Å². The number of alkyl carbamates (subject to hydrolysis) is 1. The monoisotopic (exact) mass is 443 g/mol. The van der Waals surface area contributed by atoms with Gasteiger partial charge in [-0.05, 0) is 51.7 Å². The largest absolute Gasteiger partial charge is 0.444 e. The van der Waals surface area contributed by atoms with Crippen molar-refractivity contribution < 1.29 is 32.3 Å². The molecule has 7 nitrogen and oxygen atoms in total. The van der Waals surface area contributed by atoms with E-state index in [1.165, 1.54) is 12.1 Å². The lowest BCUT2D eigenvalue weighted by atomic mass is 9.96. The zero-order chi connectivity index (χ0) is 23.2. The molecular weight excluding hydrogens is 415 g/mol. The highest BCUT2D eigenvalue weighted by atomic mass is 19.4. The molecule has 3 amide bonds. The Kier molecular flexibility index (Phi) is 7.91. The van der Waals surface area contributed by atoms with Gasteiger partial charge in [-0.3, -0.25) is 9.59 Å². The van der Waals surface area contributed by atoms with Crippen LogP contribution in [0.5, 0.6) is 0 Å². The highest BCUT2D eigenvalue weighted by Gasteiger charge is 2.35. The first kappa shape index (κ1) is 24.5. The van der Waals surface area contributed by atoms with Gasteiger partial charge in [-0.15, -0.1) is 0 Å². The predicted molar refractivity (Wildman–Crippen MR) is 107 cm³/mol. The molecule has 0 radical (unpaired) electrons. The molecule has 31 heavy (non-hydrogen) atoms. The van der Waals surface area contributed by atoms with Crippen molar-refractivity contribution in [1.29, 1.82) is 0 Å². The minimum atomic E-state index is -4.60. The van der Waals surface area contributed by atoms with Gasteiger partial charge >= 0.3 is 12.3 Å². The van der Waals surface area contributed by atoms with Crippen LogP contribution in [0.2, 0.25) is 0 Å². The quantitative estimate of drug-likeness (QED) is 0.732. The average molecular weight is 443 g/mol. The van der Waals surface area contributed by atoms with Crippen LogP contribution in [0.4, 0.5) is 18.0 Å². The highest BCUT2D eigenvalue weighted by molar-refractivity contribution is 5.95. The molecule has 1 aliphatic rings. The van der Waals surface area contributed by atoms with Crippen LogP contribution >= 0.6 is 0 Å². The van der Waals surface area contributed by atoms with Crippen molar-refractivity contribution in [3.63, 3.8) is 0 Å². The van der Waals surface area contributed by atoms with Crippen LogP contribution in [0.1, 0.15) is 49.5 Å². The summed E-state index contributed by atoms with van der Waals surface area (Å²) in [6.45, 7) is 6.09. The number of likely N-dealkylation sites (tertiary alicyclic amines) is 1. The number of piperidine rings is 1. The maximum Gasteiger partial charge on any atom is 0.417 e. The second-order valence-corrected chi connectivity index (χ2v) is 8.43. The summed E-state index contributed by atoms with van der Waals surface area (Å²) in [5, 5.41) is 4.99. The fourth-order valence-electron chi connectivity index (χ4n) is 3.22. The molecule has 1 aliphatic heterocycles. The first-order valence-electron chi connectivity index (χ1n) is 10.1. The minimum absolute atomic E-state index is 0.0462. The second-order valence-electron chi connectivity index (χ2n) is 8.43. The fraction of sp³-hybridized carbons (Fsp3) is 0.571. The first-order chi connectivity index (χ1) is 14.4. The zero-order valence-electron chi connectivity index (χ0n) is 17.8. The Hall–Kier alpha value is -2.78. The first-order valence-corrected chi connectivity index (χ1v) is 10.1. The van der Waals surface area contributed by atoms with Gasteiger partial charge in [0.15, 0.2) is 0 Å². The van der Waals surface area contributed by atoms with Crippen molar-refractivity contribution in [2.24, 2.45) is 5.92 Å². The van der Waals surface area contributed by atoms with Crippen molar-refractivity contribution >= 4 is 17.9 Å². The summed E-state index contributed by atoms with van der Waals surface area (Å²) >= 11 is 0. The number of ether oxygens (including phenoxy) is 1. The van der Waals surface area contributed by atoms with Gasteiger partial charge in [0.05, 0.1) is 11.1 Å². The Bertz CT molecular complexity index is 798. The van der Waals surface area contributed by atoms with Crippen molar-refractivity contribution in [3.8, 4) is 0 Å². The van der Waals surface area contributed by atoms with Crippen molar-refractivity contribution in [2.45, 2.75) is 45.4 Å². The number of rotatable bonds is 5. The number of nitrogens with zero attached hydrogens (tertiary/aromatic N) is 1. The molecule has 0 bridgehead atoms. The lowest BCUT2D eigenvalue weighted by Gasteiger charge is -2.32. The van der Waals surface area contributed by atoms with Crippen LogP contribution in [0, 0.1) is 5.92 Å². The van der Waals surface area contributed by atoms with Crippen LogP contribution in [-0.4, -0.2) is 54.6 Å². The number of hydrogen-bond acceptors (Lipinski definition) is 4. The number of alkyl halides is 3. The Morgan fingerprint density at radius 3 is 2.26 bits per heavy atom. The standard InChI is InChI=1S/C21H28F3N3O4/c1-20(2,3)31-19(30)26-13-17(28)27-10-8-14(9-11-27)12-25-18(29)15-6-4-5-7-16(15)21(22,23)24/h4-7,14H,8-13H2,1-3H3,(H,25,29)(H,26,30). The summed E-state index contributed by atoms with van der Waals surface area (Å²) < 4.78 is 44.3. The second kappa shape index (κ2) is 10.0. The van der Waals surface area contributed by atoms with Gasteiger partial charge in [-0.25, -0.2) is 4.79 Å². The number of benzene rings is 1. The van der Waals surface area contributed by atoms with E-state index in [0.29, 0.717) is 25.9 Å². The SMILES string of the molecule is CC(C)(C)OC(=O)NCC(=O)N1CCC(CNC(=O)c2ccccc2C(F)(F)F)CC1. The molecular formula is C21H28F3N3O4. The number of nitrogens with one attached hydrogen (secondary N) is 2. The van der Waals surface area contributed by atoms with Gasteiger partial charge in [-0.2, -0.15) is 13.2 Å². The number of carbonyl (C=O) groups excluding carboxylic acids is 3. The third-order valence-corrected chi connectivity index (χ3v) is 4.78. The lowest BCUT2D eigenvalue weighted by Crippen LogP contribution is -2.46. The van der Waals surface area contributed by atoms with Gasteiger partial charge < -0.3 is 20.3 Å². The Balaban J connectivity index is 1.77. The molecule has 1 heterocycles. The molecule has 1 aromatic carbocycles. The molecule has 1 aromatic rings. The molecule has 0 unspecified atom stereocenters. The van der Waals surface area contributed by atoms with Crippen LogP contribution < -0.4 is 10.6 Å². The normalized spacial score (nSPS) is 15.4. The molecule has 0 atom stereocenters. The molecule has 1 saturated heterocycles. The number of amides is 3. The minimum Gasteiger partial charge on any atom is -0.444 e. The van der Waals surface area contributed by atoms with Gasteiger partial charge in [0.2, 0.25) is 5.91 Å². The summed E-state index contributed by atoms with van der Waals surface area (Å²) in [7, 11) is 0. The van der Waals surface area contributed by atoms with E-state index in [0.717, 1.165) is 12.1 Å². The summed E-state index contributed by atoms with van der Waals surface area (Å²) in [5.74, 6) is -0.967. The van der Waals surface area contributed by atoms with Gasteiger partial charge in [0, 0.05) is 19.6 Å². The molecule has 2 rings (SSSR count). The molecule has 1 fully saturated rings. The smallest absolute Gasteiger partial charge is 0.417 e. The van der Waals surface area contributed by atoms with E-state index >= 15 is 0 Å². The summed E-state index contributed by atoms with van der Waals surface area (Å²) in [5.41, 5.74) is -2.03. The van der Waals surface area contributed by atoms with E-state index < -0.39 is 34.9 Å². The summed E-state index contributed by atoms with van der Waals surface area (Å²) in [6.07, 6.45) is -4.08. The molecule has 0 aromatic heterocycles. The van der Waals surface area contributed by atoms with Gasteiger partial charge in [0.25, 0.3) is 5.91 Å². The Morgan fingerprint density at radius 2 is 1.68 bits per heavy atom.